The number of hydrogen-bond donors (Lipinski definition) is 0. The molecule has 19 aliphatic rings. The van der Waals surface area contributed by atoms with Gasteiger partial charge in [0.2, 0.25) is 0 Å². The lowest BCUT2D eigenvalue weighted by Crippen LogP contribution is -2.47. The van der Waals surface area contributed by atoms with Crippen molar-refractivity contribution in [1.29, 1.82) is 0 Å². The molecule has 0 amide bonds. The lowest BCUT2D eigenvalue weighted by molar-refractivity contribution is -0.167. The molecule has 0 aromatic heterocycles. The van der Waals surface area contributed by atoms with Gasteiger partial charge in [0.05, 0.1) is 60.9 Å². The molecule has 19 fully saturated rings. The lowest BCUT2D eigenvalue weighted by Gasteiger charge is -2.40. The predicted octanol–water partition coefficient (Wildman–Crippen LogP) is 8.64. The van der Waals surface area contributed by atoms with E-state index in [1.807, 2.05) is 13.8 Å². The normalized spacial score (nSPS) is 43.0. The summed E-state index contributed by atoms with van der Waals surface area (Å²) in [5.41, 5.74) is -1.68. The zero-order valence-corrected chi connectivity index (χ0v) is 59.5. The Kier molecular flexibility index (Phi) is 19.9. The van der Waals surface area contributed by atoms with Crippen molar-refractivity contribution in [3.05, 3.63) is 75.9 Å². The molecular weight excluding hydrogens is 1340 g/mol. The van der Waals surface area contributed by atoms with E-state index in [0.717, 1.165) is 128 Å². The van der Waals surface area contributed by atoms with Gasteiger partial charge in [-0.2, -0.15) is 0 Å². The van der Waals surface area contributed by atoms with Crippen LogP contribution >= 0.6 is 0 Å². The Morgan fingerprint density at radius 3 is 1.53 bits per heavy atom. The average molecular weight is 1440 g/mol. The summed E-state index contributed by atoms with van der Waals surface area (Å²) in [4.78, 5) is 139. The highest BCUT2D eigenvalue weighted by Gasteiger charge is 2.70. The molecule has 6 heterocycles. The first-order chi connectivity index (χ1) is 49.8. The third-order valence-corrected chi connectivity index (χ3v) is 28.5. The zero-order valence-electron chi connectivity index (χ0n) is 59.5. The topological polar surface area (TPSA) is 316 Å². The number of esters is 12. The van der Waals surface area contributed by atoms with Crippen molar-refractivity contribution < 1.29 is 114 Å². The second kappa shape index (κ2) is 28.4. The monoisotopic (exact) mass is 1440 g/mol. The van der Waals surface area contributed by atoms with Gasteiger partial charge in [0.15, 0.2) is 0 Å². The van der Waals surface area contributed by atoms with Crippen LogP contribution in [0.25, 0.3) is 0 Å². The molecule has 28 unspecified atom stereocenters. The van der Waals surface area contributed by atoms with Crippen LogP contribution in [0.2, 0.25) is 0 Å². The van der Waals surface area contributed by atoms with Crippen LogP contribution in [0, 0.1) is 129 Å². The molecule has 0 N–H and O–H groups in total. The molecule has 13 saturated carbocycles. The predicted molar refractivity (Wildman–Crippen MR) is 360 cm³/mol. The Morgan fingerprint density at radius 2 is 0.942 bits per heavy atom. The van der Waals surface area contributed by atoms with Crippen molar-refractivity contribution in [1.82, 2.24) is 0 Å². The zero-order chi connectivity index (χ0) is 73.6. The van der Waals surface area contributed by atoms with Gasteiger partial charge in [0.1, 0.15) is 47.8 Å². The number of carbonyl (C=O) groups is 12. The molecule has 0 aromatic carbocycles. The third-order valence-electron chi connectivity index (χ3n) is 28.5. The van der Waals surface area contributed by atoms with Crippen molar-refractivity contribution in [2.75, 3.05) is 26.4 Å². The third kappa shape index (κ3) is 12.7. The largest absolute Gasteiger partial charge is 0.465 e. The molecule has 0 aromatic rings. The molecule has 12 bridgehead atoms. The molecule has 13 aliphatic carbocycles. The van der Waals surface area contributed by atoms with Gasteiger partial charge in [-0.3, -0.25) is 28.8 Å². The Hall–Kier alpha value is -7.92. The lowest BCUT2D eigenvalue weighted by atomic mass is 9.69. The molecule has 104 heavy (non-hydrogen) atoms. The van der Waals surface area contributed by atoms with Crippen LogP contribution in [0.15, 0.2) is 75.9 Å². The summed E-state index contributed by atoms with van der Waals surface area (Å²) in [5.74, 6) is 2.45. The van der Waals surface area contributed by atoms with Crippen molar-refractivity contribution in [2.45, 2.75) is 190 Å². The number of fused-ring (bicyclic) bond motifs is 18. The maximum Gasteiger partial charge on any atom is 0.330 e. The van der Waals surface area contributed by atoms with E-state index in [9.17, 15) is 57.5 Å². The van der Waals surface area contributed by atoms with Gasteiger partial charge < -0.3 is 56.8 Å². The van der Waals surface area contributed by atoms with Crippen LogP contribution < -0.4 is 0 Å². The quantitative estimate of drug-likeness (QED) is 0.0892. The van der Waals surface area contributed by atoms with E-state index < -0.39 is 17.2 Å². The molecule has 24 nitrogen and oxygen atoms in total. The van der Waals surface area contributed by atoms with Gasteiger partial charge in [0, 0.05) is 89.7 Å². The van der Waals surface area contributed by atoms with Gasteiger partial charge in [-0.15, -0.1) is 0 Å². The van der Waals surface area contributed by atoms with E-state index in [-0.39, 0.29) is 166 Å². The van der Waals surface area contributed by atoms with Crippen molar-refractivity contribution in [3.8, 4) is 0 Å². The number of hydrogen-bond acceptors (Lipinski definition) is 24. The van der Waals surface area contributed by atoms with Gasteiger partial charge in [-0.05, 0) is 184 Å². The Balaban J connectivity index is 0.000000105. The molecule has 6 aliphatic heterocycles. The summed E-state index contributed by atoms with van der Waals surface area (Å²) in [6, 6.07) is 0. The number of ether oxygens (including phenoxy) is 12. The Bertz CT molecular complexity index is 3580. The molecular formula is C80H98O24. The Labute approximate surface area is 605 Å². The molecule has 2 spiro atoms. The van der Waals surface area contributed by atoms with Gasteiger partial charge in [-0.1, -0.05) is 39.5 Å². The second-order valence-corrected chi connectivity index (χ2v) is 33.5. The van der Waals surface area contributed by atoms with Gasteiger partial charge >= 0.3 is 71.6 Å². The molecule has 6 saturated heterocycles. The van der Waals surface area contributed by atoms with Crippen molar-refractivity contribution in [2.24, 2.45) is 129 Å². The van der Waals surface area contributed by atoms with E-state index in [1.165, 1.54) is 36.5 Å². The van der Waals surface area contributed by atoms with E-state index >= 15 is 0 Å². The minimum Gasteiger partial charge on any atom is -0.465 e. The fraction of sp³-hybridized carbons (Fsp3) is 0.700. The maximum absolute atomic E-state index is 12.2. The minimum absolute atomic E-state index is 0.0236. The molecule has 562 valence electrons. The highest BCUT2D eigenvalue weighted by Crippen LogP contribution is 2.66. The fourth-order valence-corrected chi connectivity index (χ4v) is 24.8. The summed E-state index contributed by atoms with van der Waals surface area (Å²) in [6.45, 7) is 26.4. The number of rotatable bonds is 14. The number of carbonyl (C=O) groups excluding carboxylic acids is 12. The first-order valence-electron chi connectivity index (χ1n) is 37.9. The fourth-order valence-electron chi connectivity index (χ4n) is 24.8. The van der Waals surface area contributed by atoms with Gasteiger partial charge in [0.25, 0.3) is 0 Å². The molecule has 19 rings (SSSR count). The van der Waals surface area contributed by atoms with Crippen LogP contribution in [0.3, 0.4) is 0 Å². The summed E-state index contributed by atoms with van der Waals surface area (Å²) >= 11 is 0. The first kappa shape index (κ1) is 73.0. The summed E-state index contributed by atoms with van der Waals surface area (Å²) < 4.78 is 63.9. The smallest absolute Gasteiger partial charge is 0.330 e. The summed E-state index contributed by atoms with van der Waals surface area (Å²) in [5, 5.41) is 0. The van der Waals surface area contributed by atoms with Crippen LogP contribution in [-0.2, 0) is 114 Å². The Morgan fingerprint density at radius 1 is 0.423 bits per heavy atom. The highest BCUT2D eigenvalue weighted by molar-refractivity contribution is 5.86. The SMILES string of the molecule is C=CC(=O)OC(C)(C)C1C2CC3OC(=O)C1C3C2.C=CC(=O)OC1(C2C3CC4OC(=O)C2C4C3)CCCC1.C=CC(=O)OC1CC2CC1C1(CCOC1=O)C2.C=CC(=O)OC1CC2CC1C1C(=O)OCC21.C=CC(=O)OC1CC2CC1C1COC(=O)C21.C=CC(=O)OC1CC2CC1CC21CCOC1=O. The van der Waals surface area contributed by atoms with Gasteiger partial charge in [-0.25, -0.2) is 28.8 Å². The molecule has 24 heteroatoms. The van der Waals surface area contributed by atoms with Crippen LogP contribution in [0.5, 0.6) is 0 Å². The van der Waals surface area contributed by atoms with Crippen molar-refractivity contribution >= 4 is 71.6 Å². The van der Waals surface area contributed by atoms with Crippen LogP contribution in [-0.4, -0.2) is 146 Å². The minimum atomic E-state index is -0.635. The molecule has 28 atom stereocenters. The average Bonchev–Trinajstić information content (AvgIpc) is 1.54. The standard InChI is InChI=1S/C16H20O4.C14H18O4.2C13H16O4.2C12H14O4/c1-2-12(17)20-16(5-3-4-6-16)14-9-7-10-11(8-9)19-15(18)13(10)14;1-4-10(15)18-14(2,3)12-7-5-8-9(6-7)17-13(16)11(8)12;1-2-11(14)17-10-6-9-5-8(10)7-13(9)3-4-16-12(13)15;1-2-11(14)17-10-6-8-5-9(10)13(7-8)3-4-16-12(13)15;1-2-10(13)16-9-4-6-3-7(9)8-5-15-12(14)11(6)8;1-2-10(13)16-9-4-6-3-7(9)11-8(6)5-15-12(11)14/h2,9-11,13-14H,1,3-8H2;4,7-9,11-12H,1,5-6H2,2-3H3;2*2,8-10H,1,3-7H2;2*2,6-9,11H,1,3-5H2. The van der Waals surface area contributed by atoms with E-state index in [4.69, 9.17) is 56.8 Å². The summed E-state index contributed by atoms with van der Waals surface area (Å²) in [6.07, 6.45) is 25.8. The van der Waals surface area contributed by atoms with E-state index in [0.29, 0.717) is 91.5 Å². The first-order valence-corrected chi connectivity index (χ1v) is 37.9. The van der Waals surface area contributed by atoms with Crippen LogP contribution in [0.1, 0.15) is 142 Å². The van der Waals surface area contributed by atoms with Crippen molar-refractivity contribution in [3.63, 3.8) is 0 Å². The molecule has 0 radical (unpaired) electrons. The maximum atomic E-state index is 12.2. The van der Waals surface area contributed by atoms with E-state index in [1.54, 1.807) is 0 Å². The van der Waals surface area contributed by atoms with Crippen LogP contribution in [0.4, 0.5) is 0 Å². The second-order valence-electron chi connectivity index (χ2n) is 33.5. The highest BCUT2D eigenvalue weighted by atomic mass is 16.6. The van der Waals surface area contributed by atoms with E-state index in [2.05, 4.69) is 39.5 Å². The number of cyclic esters (lactones) is 4. The summed E-state index contributed by atoms with van der Waals surface area (Å²) in [7, 11) is 0.